The van der Waals surface area contributed by atoms with E-state index in [-0.39, 0.29) is 11.4 Å². The van der Waals surface area contributed by atoms with Gasteiger partial charge in [-0.2, -0.15) is 0 Å². The average molecular weight is 474 g/mol. The van der Waals surface area contributed by atoms with Gasteiger partial charge in [0.05, 0.1) is 11.1 Å². The lowest BCUT2D eigenvalue weighted by atomic mass is 9.87. The van der Waals surface area contributed by atoms with Crippen LogP contribution < -0.4 is 15.0 Å². The number of benzene rings is 2. The molecule has 1 saturated heterocycles. The molecule has 2 amide bonds. The summed E-state index contributed by atoms with van der Waals surface area (Å²) in [5, 5.41) is 3.01. The van der Waals surface area contributed by atoms with Gasteiger partial charge in [-0.25, -0.2) is 4.79 Å². The maximum atomic E-state index is 12.4. The summed E-state index contributed by atoms with van der Waals surface area (Å²) in [7, 11) is 0. The van der Waals surface area contributed by atoms with E-state index < -0.39 is 0 Å². The first-order chi connectivity index (χ1) is 14.3. The minimum Gasteiger partial charge on any atom is -0.492 e. The lowest BCUT2D eigenvalue weighted by molar-refractivity contribution is 0.193. The third-order valence-corrected chi connectivity index (χ3v) is 5.96. The van der Waals surface area contributed by atoms with Gasteiger partial charge in [0.2, 0.25) is 0 Å². The normalized spacial score (nSPS) is 14.5. The third kappa shape index (κ3) is 6.14. The molecule has 162 valence electrons. The molecule has 2 aromatic carbocycles. The van der Waals surface area contributed by atoms with Crippen molar-refractivity contribution in [1.82, 2.24) is 10.2 Å². The number of urea groups is 1. The van der Waals surface area contributed by atoms with Crippen molar-refractivity contribution in [3.8, 4) is 5.75 Å². The minimum atomic E-state index is 0.0124. The lowest BCUT2D eigenvalue weighted by Crippen LogP contribution is -2.52. The maximum absolute atomic E-state index is 12.4. The van der Waals surface area contributed by atoms with Gasteiger partial charge in [-0.05, 0) is 57.6 Å². The van der Waals surface area contributed by atoms with Crippen molar-refractivity contribution in [2.45, 2.75) is 32.6 Å². The predicted molar refractivity (Wildman–Crippen MR) is 127 cm³/mol. The number of nitrogens with one attached hydrogen (secondary N) is 1. The smallest absolute Gasteiger partial charge is 0.317 e. The quantitative estimate of drug-likeness (QED) is 0.597. The zero-order valence-electron chi connectivity index (χ0n) is 18.2. The van der Waals surface area contributed by atoms with Crippen LogP contribution in [0.4, 0.5) is 10.5 Å². The number of anilines is 1. The zero-order valence-corrected chi connectivity index (χ0v) is 19.7. The van der Waals surface area contributed by atoms with Crippen molar-refractivity contribution < 1.29 is 9.53 Å². The molecule has 30 heavy (non-hydrogen) atoms. The lowest BCUT2D eigenvalue weighted by Gasteiger charge is -2.36. The molecule has 0 saturated carbocycles. The molecule has 0 bridgehead atoms. The van der Waals surface area contributed by atoms with Crippen LogP contribution in [0.1, 0.15) is 32.8 Å². The van der Waals surface area contributed by atoms with E-state index in [1.54, 1.807) is 0 Å². The monoisotopic (exact) mass is 473 g/mol. The fourth-order valence-electron chi connectivity index (χ4n) is 3.45. The molecule has 0 atom stereocenters. The van der Waals surface area contributed by atoms with Gasteiger partial charge < -0.3 is 19.9 Å². The number of halogens is 1. The van der Waals surface area contributed by atoms with Gasteiger partial charge in [-0.1, -0.05) is 45.0 Å². The molecule has 1 aliphatic rings. The molecule has 0 radical (unpaired) electrons. The van der Waals surface area contributed by atoms with Crippen LogP contribution in [0.3, 0.4) is 0 Å². The van der Waals surface area contributed by atoms with Crippen LogP contribution in [0.15, 0.2) is 53.0 Å². The van der Waals surface area contributed by atoms with Crippen LogP contribution in [0, 0.1) is 0 Å². The van der Waals surface area contributed by atoms with Crippen molar-refractivity contribution >= 4 is 27.6 Å². The Morgan fingerprint density at radius 1 is 1.07 bits per heavy atom. The van der Waals surface area contributed by atoms with Crippen LogP contribution in [0.25, 0.3) is 0 Å². The Kier molecular flexibility index (Phi) is 7.64. The Labute approximate surface area is 188 Å². The molecule has 0 unspecified atom stereocenters. The molecule has 6 heteroatoms. The number of carbonyl (C=O) groups excluding carboxylic acids is 1. The highest BCUT2D eigenvalue weighted by Crippen LogP contribution is 2.31. The van der Waals surface area contributed by atoms with Crippen molar-refractivity contribution in [2.24, 2.45) is 0 Å². The van der Waals surface area contributed by atoms with Crippen molar-refractivity contribution in [2.75, 3.05) is 44.2 Å². The molecule has 3 rings (SSSR count). The highest BCUT2D eigenvalue weighted by Gasteiger charge is 2.21. The van der Waals surface area contributed by atoms with Gasteiger partial charge in [-0.15, -0.1) is 0 Å². The number of hydrogen-bond acceptors (Lipinski definition) is 3. The molecule has 1 aliphatic heterocycles. The molecule has 2 aromatic rings. The second-order valence-electron chi connectivity index (χ2n) is 8.64. The molecule has 5 nitrogen and oxygen atoms in total. The predicted octanol–water partition coefficient (Wildman–Crippen LogP) is 5.05. The fraction of sp³-hybridized carbons (Fsp3) is 0.458. The molecule has 1 fully saturated rings. The average Bonchev–Trinajstić information content (AvgIpc) is 2.74. The van der Waals surface area contributed by atoms with Gasteiger partial charge in [0.25, 0.3) is 0 Å². The number of rotatable bonds is 6. The van der Waals surface area contributed by atoms with Crippen LogP contribution in [-0.2, 0) is 5.41 Å². The third-order valence-electron chi connectivity index (χ3n) is 5.34. The Morgan fingerprint density at radius 2 is 1.77 bits per heavy atom. The Hall–Kier alpha value is -2.21. The van der Waals surface area contributed by atoms with Gasteiger partial charge >= 0.3 is 6.03 Å². The molecule has 1 N–H and O–H groups in total. The van der Waals surface area contributed by atoms with Gasteiger partial charge in [0.15, 0.2) is 0 Å². The van der Waals surface area contributed by atoms with Crippen molar-refractivity contribution in [3.63, 3.8) is 0 Å². The van der Waals surface area contributed by atoms with Crippen molar-refractivity contribution in [1.29, 1.82) is 0 Å². The van der Waals surface area contributed by atoms with E-state index in [1.807, 2.05) is 29.2 Å². The summed E-state index contributed by atoms with van der Waals surface area (Å²) in [4.78, 5) is 16.6. The highest BCUT2D eigenvalue weighted by molar-refractivity contribution is 9.10. The van der Waals surface area contributed by atoms with E-state index in [2.05, 4.69) is 71.2 Å². The molecule has 0 aromatic heterocycles. The number of ether oxygens (including phenoxy) is 1. The van der Waals surface area contributed by atoms with Crippen LogP contribution in [-0.4, -0.2) is 50.3 Å². The van der Waals surface area contributed by atoms with E-state index in [0.717, 1.165) is 42.8 Å². The highest BCUT2D eigenvalue weighted by atomic mass is 79.9. The molecular weight excluding hydrogens is 442 g/mol. The first-order valence-electron chi connectivity index (χ1n) is 10.6. The van der Waals surface area contributed by atoms with Gasteiger partial charge in [-0.3, -0.25) is 0 Å². The Bertz CT molecular complexity index is 828. The van der Waals surface area contributed by atoms with Crippen LogP contribution in [0.2, 0.25) is 0 Å². The van der Waals surface area contributed by atoms with Gasteiger partial charge in [0, 0.05) is 38.4 Å². The summed E-state index contributed by atoms with van der Waals surface area (Å²) >= 11 is 3.60. The van der Waals surface area contributed by atoms with Crippen LogP contribution >= 0.6 is 15.9 Å². The standard InChI is InChI=1S/C24H32BrN3O2/c1-24(2,3)19-10-11-22(21(25)18-19)30-17-7-12-26-23(29)28-15-13-27(14-16-28)20-8-5-4-6-9-20/h4-6,8-11,18H,7,12-17H2,1-3H3,(H,26,29). The van der Waals surface area contributed by atoms with Gasteiger partial charge in [0.1, 0.15) is 5.75 Å². The minimum absolute atomic E-state index is 0.0124. The van der Waals surface area contributed by atoms with E-state index >= 15 is 0 Å². The second-order valence-corrected chi connectivity index (χ2v) is 9.49. The number of hydrogen-bond donors (Lipinski definition) is 1. The summed E-state index contributed by atoms with van der Waals surface area (Å²) in [6.45, 7) is 11.0. The molecule has 0 spiro atoms. The summed E-state index contributed by atoms with van der Waals surface area (Å²) in [5.41, 5.74) is 2.59. The SMILES string of the molecule is CC(C)(C)c1ccc(OCCCNC(=O)N2CCN(c3ccccc3)CC2)c(Br)c1. The number of carbonyl (C=O) groups is 1. The number of para-hydroxylation sites is 1. The summed E-state index contributed by atoms with van der Waals surface area (Å²) < 4.78 is 6.84. The second kappa shape index (κ2) is 10.2. The van der Waals surface area contributed by atoms with E-state index in [4.69, 9.17) is 4.74 Å². The maximum Gasteiger partial charge on any atom is 0.317 e. The van der Waals surface area contributed by atoms with E-state index in [0.29, 0.717) is 13.2 Å². The van der Waals surface area contributed by atoms with Crippen molar-refractivity contribution in [3.05, 3.63) is 58.6 Å². The number of nitrogens with zero attached hydrogens (tertiary/aromatic N) is 2. The number of piperazine rings is 1. The topological polar surface area (TPSA) is 44.8 Å². The number of amides is 2. The Morgan fingerprint density at radius 3 is 2.40 bits per heavy atom. The largest absolute Gasteiger partial charge is 0.492 e. The summed E-state index contributed by atoms with van der Waals surface area (Å²) in [6.07, 6.45) is 0.767. The van der Waals surface area contributed by atoms with E-state index in [9.17, 15) is 4.79 Å². The molecule has 0 aliphatic carbocycles. The zero-order chi connectivity index (χ0) is 21.6. The summed E-state index contributed by atoms with van der Waals surface area (Å²) in [5.74, 6) is 0.839. The first kappa shape index (κ1) is 22.5. The summed E-state index contributed by atoms with van der Waals surface area (Å²) in [6, 6.07) is 16.6. The fourth-order valence-corrected chi connectivity index (χ4v) is 3.95. The van der Waals surface area contributed by atoms with E-state index in [1.165, 1.54) is 11.3 Å². The van der Waals surface area contributed by atoms with Crippen LogP contribution in [0.5, 0.6) is 5.75 Å². The molecule has 1 heterocycles. The first-order valence-corrected chi connectivity index (χ1v) is 11.4. The molecular formula is C24H32BrN3O2. The Balaban J connectivity index is 1.35.